The number of carbonyl (C=O) groups excluding carboxylic acids is 2. The average molecular weight is 430 g/mol. The van der Waals surface area contributed by atoms with Crippen molar-refractivity contribution in [2.24, 2.45) is 0 Å². The maximum absolute atomic E-state index is 13.0. The van der Waals surface area contributed by atoms with E-state index in [1.54, 1.807) is 29.6 Å². The van der Waals surface area contributed by atoms with Gasteiger partial charge < -0.3 is 19.5 Å². The topological polar surface area (TPSA) is 86.8 Å². The summed E-state index contributed by atoms with van der Waals surface area (Å²) in [4.78, 5) is 28.5. The molecule has 3 aromatic rings. The Labute approximate surface area is 176 Å². The molecule has 7 nitrogen and oxygen atoms in total. The van der Waals surface area contributed by atoms with Crippen molar-refractivity contribution < 1.29 is 28.2 Å². The zero-order valence-electron chi connectivity index (χ0n) is 16.3. The third kappa shape index (κ3) is 5.32. The van der Waals surface area contributed by atoms with Crippen LogP contribution in [-0.4, -0.2) is 37.6 Å². The van der Waals surface area contributed by atoms with Crippen LogP contribution in [0.25, 0.3) is 10.6 Å². The van der Waals surface area contributed by atoms with Crippen LogP contribution in [0.4, 0.5) is 4.39 Å². The Morgan fingerprint density at radius 1 is 1.07 bits per heavy atom. The molecule has 0 radical (unpaired) electrons. The number of nitrogens with zero attached hydrogens (tertiary/aromatic N) is 1. The summed E-state index contributed by atoms with van der Waals surface area (Å²) in [6.07, 6.45) is 0. The molecule has 0 saturated carbocycles. The van der Waals surface area contributed by atoms with Gasteiger partial charge in [-0.15, -0.1) is 11.3 Å². The summed E-state index contributed by atoms with van der Waals surface area (Å²) in [5, 5.41) is 4.95. The predicted octanol–water partition coefficient (Wildman–Crippen LogP) is 3.44. The fourth-order valence-corrected chi connectivity index (χ4v) is 3.35. The van der Waals surface area contributed by atoms with Crippen molar-refractivity contribution in [3.05, 3.63) is 64.9 Å². The van der Waals surface area contributed by atoms with Crippen LogP contribution in [0, 0.1) is 5.82 Å². The number of hydrogen-bond donors (Lipinski definition) is 1. The molecule has 0 aliphatic rings. The van der Waals surface area contributed by atoms with Crippen LogP contribution < -0.4 is 14.8 Å². The van der Waals surface area contributed by atoms with Gasteiger partial charge in [0.25, 0.3) is 5.91 Å². The molecule has 0 atom stereocenters. The van der Waals surface area contributed by atoms with Gasteiger partial charge in [0.2, 0.25) is 0 Å². The van der Waals surface area contributed by atoms with E-state index >= 15 is 0 Å². The van der Waals surface area contributed by atoms with E-state index < -0.39 is 11.9 Å². The van der Waals surface area contributed by atoms with Gasteiger partial charge in [0, 0.05) is 16.5 Å². The van der Waals surface area contributed by atoms with E-state index in [1.807, 2.05) is 0 Å². The summed E-state index contributed by atoms with van der Waals surface area (Å²) >= 11 is 1.37. The van der Waals surface area contributed by atoms with E-state index in [0.29, 0.717) is 27.8 Å². The predicted molar refractivity (Wildman–Crippen MR) is 109 cm³/mol. The Morgan fingerprint density at radius 3 is 2.50 bits per heavy atom. The summed E-state index contributed by atoms with van der Waals surface area (Å²) in [7, 11) is 2.97. The lowest BCUT2D eigenvalue weighted by atomic mass is 10.2. The first kappa shape index (κ1) is 21.3. The van der Waals surface area contributed by atoms with E-state index in [2.05, 4.69) is 10.3 Å². The van der Waals surface area contributed by atoms with E-state index in [4.69, 9.17) is 14.2 Å². The first-order valence-corrected chi connectivity index (χ1v) is 9.74. The molecule has 0 bridgehead atoms. The van der Waals surface area contributed by atoms with Gasteiger partial charge in [-0.3, -0.25) is 9.59 Å². The molecule has 0 aliphatic carbocycles. The quantitative estimate of drug-likeness (QED) is 0.551. The summed E-state index contributed by atoms with van der Waals surface area (Å²) < 4.78 is 28.4. The van der Waals surface area contributed by atoms with Gasteiger partial charge in [0.05, 0.1) is 19.9 Å². The van der Waals surface area contributed by atoms with Crippen LogP contribution >= 0.6 is 11.3 Å². The van der Waals surface area contributed by atoms with Crippen LogP contribution in [0.5, 0.6) is 11.5 Å². The molecule has 0 saturated heterocycles. The smallest absolute Gasteiger partial charge is 0.325 e. The summed E-state index contributed by atoms with van der Waals surface area (Å²) in [6.45, 7) is -0.315. The lowest BCUT2D eigenvalue weighted by Crippen LogP contribution is -2.30. The highest BCUT2D eigenvalue weighted by Gasteiger charge is 2.13. The monoisotopic (exact) mass is 430 g/mol. The van der Waals surface area contributed by atoms with Crippen LogP contribution in [0.1, 0.15) is 16.1 Å². The van der Waals surface area contributed by atoms with E-state index in [9.17, 15) is 14.0 Å². The maximum Gasteiger partial charge on any atom is 0.325 e. The average Bonchev–Trinajstić information content (AvgIpc) is 3.25. The van der Waals surface area contributed by atoms with Gasteiger partial charge in [-0.05, 0) is 42.5 Å². The minimum Gasteiger partial charge on any atom is -0.493 e. The van der Waals surface area contributed by atoms with Gasteiger partial charge in [-0.1, -0.05) is 0 Å². The van der Waals surface area contributed by atoms with E-state index in [-0.39, 0.29) is 19.0 Å². The third-order valence-corrected chi connectivity index (χ3v) is 5.00. The first-order chi connectivity index (χ1) is 14.5. The van der Waals surface area contributed by atoms with Gasteiger partial charge in [-0.25, -0.2) is 9.37 Å². The Kier molecular flexibility index (Phi) is 6.97. The van der Waals surface area contributed by atoms with Gasteiger partial charge in [0.15, 0.2) is 11.5 Å². The Hall–Kier alpha value is -3.46. The molecule has 9 heteroatoms. The molecule has 0 spiro atoms. The minimum atomic E-state index is -0.597. The molecule has 0 aliphatic heterocycles. The van der Waals surface area contributed by atoms with E-state index in [0.717, 1.165) is 5.56 Å². The van der Waals surface area contributed by atoms with Gasteiger partial charge >= 0.3 is 5.97 Å². The second-order valence-electron chi connectivity index (χ2n) is 6.06. The first-order valence-electron chi connectivity index (χ1n) is 8.86. The maximum atomic E-state index is 13.0. The Balaban J connectivity index is 1.49. The zero-order chi connectivity index (χ0) is 21.5. The van der Waals surface area contributed by atoms with Crippen molar-refractivity contribution in [3.63, 3.8) is 0 Å². The third-order valence-electron chi connectivity index (χ3n) is 4.06. The number of benzene rings is 2. The molecular weight excluding hydrogens is 411 g/mol. The molecule has 0 fully saturated rings. The van der Waals surface area contributed by atoms with Crippen LogP contribution in [0.2, 0.25) is 0 Å². The number of carbonyl (C=O) groups is 2. The number of halogens is 1. The SMILES string of the molecule is COc1ccc(C(=O)NCC(=O)OCc2csc(-c3ccc(F)cc3)n2)cc1OC. The molecule has 0 unspecified atom stereocenters. The number of nitrogens with one attached hydrogen (secondary N) is 1. The number of rotatable bonds is 8. The number of hydrogen-bond acceptors (Lipinski definition) is 7. The highest BCUT2D eigenvalue weighted by atomic mass is 32.1. The van der Waals surface area contributed by atoms with Crippen molar-refractivity contribution in [1.29, 1.82) is 0 Å². The lowest BCUT2D eigenvalue weighted by molar-refractivity contribution is -0.143. The number of amides is 1. The fourth-order valence-electron chi connectivity index (χ4n) is 2.54. The summed E-state index contributed by atoms with van der Waals surface area (Å²) in [6, 6.07) is 10.7. The van der Waals surface area contributed by atoms with Crippen molar-refractivity contribution in [2.75, 3.05) is 20.8 Å². The largest absolute Gasteiger partial charge is 0.493 e. The van der Waals surface area contributed by atoms with E-state index in [1.165, 1.54) is 43.8 Å². The van der Waals surface area contributed by atoms with Crippen LogP contribution in [0.15, 0.2) is 47.8 Å². The number of aromatic nitrogens is 1. The number of methoxy groups -OCH3 is 2. The van der Waals surface area contributed by atoms with Gasteiger partial charge in [-0.2, -0.15) is 0 Å². The fraction of sp³-hybridized carbons (Fsp3) is 0.190. The molecule has 30 heavy (non-hydrogen) atoms. The molecule has 2 aromatic carbocycles. The second kappa shape index (κ2) is 9.84. The van der Waals surface area contributed by atoms with Crippen LogP contribution in [-0.2, 0) is 16.1 Å². The zero-order valence-corrected chi connectivity index (χ0v) is 17.1. The summed E-state index contributed by atoms with van der Waals surface area (Å²) in [5.41, 5.74) is 1.67. The second-order valence-corrected chi connectivity index (χ2v) is 6.92. The Morgan fingerprint density at radius 2 is 1.80 bits per heavy atom. The van der Waals surface area contributed by atoms with Crippen molar-refractivity contribution in [3.8, 4) is 22.1 Å². The molecule has 1 amide bonds. The molecule has 3 rings (SSSR count). The Bertz CT molecular complexity index is 1040. The highest BCUT2D eigenvalue weighted by molar-refractivity contribution is 7.13. The molecule has 156 valence electrons. The van der Waals surface area contributed by atoms with Crippen molar-refractivity contribution in [2.45, 2.75) is 6.61 Å². The molecular formula is C21H19FN2O5S. The van der Waals surface area contributed by atoms with Crippen molar-refractivity contribution in [1.82, 2.24) is 10.3 Å². The normalized spacial score (nSPS) is 10.4. The number of thiazole rings is 1. The highest BCUT2D eigenvalue weighted by Crippen LogP contribution is 2.27. The lowest BCUT2D eigenvalue weighted by Gasteiger charge is -2.10. The minimum absolute atomic E-state index is 0.0250. The summed E-state index contributed by atoms with van der Waals surface area (Å²) in [5.74, 6) is -0.454. The molecule has 1 aromatic heterocycles. The standard InChI is InChI=1S/C21H19FN2O5S/c1-27-17-8-5-14(9-18(17)28-2)20(26)23-10-19(25)29-11-16-12-30-21(24-16)13-3-6-15(22)7-4-13/h3-9,12H,10-11H2,1-2H3,(H,23,26). The number of esters is 1. The molecule has 1 heterocycles. The van der Waals surface area contributed by atoms with Gasteiger partial charge in [0.1, 0.15) is 24.0 Å². The molecule has 1 N–H and O–H groups in total. The van der Waals surface area contributed by atoms with Crippen molar-refractivity contribution >= 4 is 23.2 Å². The number of ether oxygens (including phenoxy) is 3. The van der Waals surface area contributed by atoms with Crippen LogP contribution in [0.3, 0.4) is 0 Å².